The van der Waals surface area contributed by atoms with Crippen LogP contribution in [0.3, 0.4) is 0 Å². The number of hydrogen-bond acceptors (Lipinski definition) is 6. The van der Waals surface area contributed by atoms with Gasteiger partial charge in [-0.2, -0.15) is 5.10 Å². The van der Waals surface area contributed by atoms with Gasteiger partial charge in [0, 0.05) is 69.3 Å². The number of nitrogens with zero attached hydrogens (tertiary/aromatic N) is 5. The van der Waals surface area contributed by atoms with Crippen LogP contribution in [0.4, 0.5) is 5.82 Å². The maximum atomic E-state index is 12.8. The Morgan fingerprint density at radius 1 is 1.35 bits per heavy atom. The van der Waals surface area contributed by atoms with Crippen LogP contribution in [0.5, 0.6) is 0 Å². The molecule has 0 saturated carbocycles. The zero-order valence-corrected chi connectivity index (χ0v) is 14.9. The second-order valence-corrected chi connectivity index (χ2v) is 7.09. The van der Waals surface area contributed by atoms with Crippen molar-refractivity contribution in [1.29, 1.82) is 0 Å². The number of amides is 1. The van der Waals surface area contributed by atoms with Crippen molar-refractivity contribution in [1.82, 2.24) is 24.6 Å². The van der Waals surface area contributed by atoms with Gasteiger partial charge in [0.2, 0.25) is 5.91 Å². The van der Waals surface area contributed by atoms with Gasteiger partial charge >= 0.3 is 0 Å². The highest BCUT2D eigenvalue weighted by Crippen LogP contribution is 2.34. The Morgan fingerprint density at radius 3 is 3.04 bits per heavy atom. The van der Waals surface area contributed by atoms with Gasteiger partial charge in [-0.3, -0.25) is 19.4 Å². The zero-order valence-electron chi connectivity index (χ0n) is 14.9. The zero-order chi connectivity index (χ0) is 17.9. The third-order valence-electron chi connectivity index (χ3n) is 5.27. The molecule has 1 N–H and O–H groups in total. The molecule has 0 radical (unpaired) electrons. The van der Waals surface area contributed by atoms with Crippen molar-refractivity contribution in [2.75, 3.05) is 25.0 Å². The van der Waals surface area contributed by atoms with Gasteiger partial charge in [0.1, 0.15) is 0 Å². The van der Waals surface area contributed by atoms with Gasteiger partial charge < -0.3 is 10.1 Å². The van der Waals surface area contributed by atoms with Gasteiger partial charge in [-0.25, -0.2) is 4.98 Å². The number of fused-ring (bicyclic) bond motifs is 1. The Balaban J connectivity index is 1.43. The van der Waals surface area contributed by atoms with Crippen LogP contribution < -0.4 is 5.32 Å². The Bertz CT molecular complexity index is 749. The van der Waals surface area contributed by atoms with Crippen LogP contribution in [0, 0.1) is 11.8 Å². The molecular formula is C18H24N6O2. The van der Waals surface area contributed by atoms with E-state index in [1.807, 2.05) is 24.1 Å². The fourth-order valence-electron chi connectivity index (χ4n) is 4.05. The number of carbonyl (C=O) groups excluding carboxylic acids is 1. The molecule has 0 bridgehead atoms. The minimum absolute atomic E-state index is 0.0204. The minimum atomic E-state index is -0.0625. The molecule has 0 spiro atoms. The highest BCUT2D eigenvalue weighted by atomic mass is 16.5. The molecule has 8 nitrogen and oxygen atoms in total. The first-order valence-electron chi connectivity index (χ1n) is 9.07. The molecule has 2 saturated heterocycles. The predicted octanol–water partition coefficient (Wildman–Crippen LogP) is 1.08. The van der Waals surface area contributed by atoms with Crippen LogP contribution in [0.2, 0.25) is 0 Å². The molecule has 1 amide bonds. The van der Waals surface area contributed by atoms with Crippen molar-refractivity contribution in [2.45, 2.75) is 25.5 Å². The molecule has 4 heterocycles. The van der Waals surface area contributed by atoms with Gasteiger partial charge in [0.05, 0.1) is 18.5 Å². The minimum Gasteiger partial charge on any atom is -0.378 e. The van der Waals surface area contributed by atoms with E-state index >= 15 is 0 Å². The standard InChI is InChI=1S/C18H24N6O2/c1-23-10-13(8-21-23)11-24-6-2-16-15(12-24)14(3-7-26-16)18(25)22-17-9-19-4-5-20-17/h4-5,8-10,14-16H,2-3,6-7,11-12H2,1H3,(H,20,22,25)/t14-,15-,16-/m0/s1. The van der Waals surface area contributed by atoms with E-state index in [9.17, 15) is 4.79 Å². The van der Waals surface area contributed by atoms with Crippen LogP contribution in [0.15, 0.2) is 31.0 Å². The normalized spacial score (nSPS) is 26.3. The quantitative estimate of drug-likeness (QED) is 0.882. The van der Waals surface area contributed by atoms with Crippen LogP contribution >= 0.6 is 0 Å². The Kier molecular flexibility index (Phi) is 4.94. The molecule has 2 aliphatic heterocycles. The number of nitrogens with one attached hydrogen (secondary N) is 1. The molecular weight excluding hydrogens is 332 g/mol. The number of anilines is 1. The predicted molar refractivity (Wildman–Crippen MR) is 95.1 cm³/mol. The number of carbonyl (C=O) groups is 1. The first-order valence-corrected chi connectivity index (χ1v) is 9.07. The lowest BCUT2D eigenvalue weighted by atomic mass is 9.79. The summed E-state index contributed by atoms with van der Waals surface area (Å²) in [7, 11) is 1.93. The summed E-state index contributed by atoms with van der Waals surface area (Å²) < 4.78 is 7.79. The van der Waals surface area contributed by atoms with E-state index in [0.717, 1.165) is 32.5 Å². The monoisotopic (exact) mass is 356 g/mol. The van der Waals surface area contributed by atoms with Crippen molar-refractivity contribution in [3.63, 3.8) is 0 Å². The Morgan fingerprint density at radius 2 is 2.27 bits per heavy atom. The summed E-state index contributed by atoms with van der Waals surface area (Å²) in [6.45, 7) is 3.34. The van der Waals surface area contributed by atoms with Crippen molar-refractivity contribution < 1.29 is 9.53 Å². The molecule has 2 aromatic rings. The number of ether oxygens (including phenoxy) is 1. The fourth-order valence-corrected chi connectivity index (χ4v) is 4.05. The second kappa shape index (κ2) is 7.51. The van der Waals surface area contributed by atoms with Crippen molar-refractivity contribution in [3.05, 3.63) is 36.5 Å². The van der Waals surface area contributed by atoms with Gasteiger partial charge in [0.15, 0.2) is 5.82 Å². The maximum Gasteiger partial charge on any atom is 0.229 e. The summed E-state index contributed by atoms with van der Waals surface area (Å²) in [5.41, 5.74) is 1.20. The van der Waals surface area contributed by atoms with Crippen LogP contribution in [-0.2, 0) is 23.1 Å². The number of aryl methyl sites for hydroxylation is 1. The average molecular weight is 356 g/mol. The summed E-state index contributed by atoms with van der Waals surface area (Å²) in [4.78, 5) is 23.4. The van der Waals surface area contributed by atoms with Gasteiger partial charge in [0.25, 0.3) is 0 Å². The lowest BCUT2D eigenvalue weighted by molar-refractivity contribution is -0.137. The van der Waals surface area contributed by atoms with Crippen molar-refractivity contribution in [2.24, 2.45) is 18.9 Å². The Hall–Kier alpha value is -2.32. The highest BCUT2D eigenvalue weighted by molar-refractivity contribution is 5.91. The molecule has 4 rings (SSSR count). The smallest absolute Gasteiger partial charge is 0.229 e. The van der Waals surface area contributed by atoms with E-state index in [1.165, 1.54) is 5.56 Å². The summed E-state index contributed by atoms with van der Waals surface area (Å²) in [6.07, 6.45) is 10.6. The topological polar surface area (TPSA) is 85.2 Å². The van der Waals surface area contributed by atoms with Crippen molar-refractivity contribution >= 4 is 11.7 Å². The summed E-state index contributed by atoms with van der Waals surface area (Å²) >= 11 is 0. The van der Waals surface area contributed by atoms with Crippen LogP contribution in [-0.4, -0.2) is 56.4 Å². The first-order chi connectivity index (χ1) is 12.7. The number of likely N-dealkylation sites (tertiary alicyclic amines) is 1. The molecule has 0 aromatic carbocycles. The summed E-state index contributed by atoms with van der Waals surface area (Å²) in [5, 5.41) is 7.15. The average Bonchev–Trinajstić information content (AvgIpc) is 3.06. The molecule has 0 unspecified atom stereocenters. The molecule has 8 heteroatoms. The van der Waals surface area contributed by atoms with Crippen LogP contribution in [0.25, 0.3) is 0 Å². The highest BCUT2D eigenvalue weighted by Gasteiger charge is 2.41. The Labute approximate surface area is 152 Å². The number of hydrogen-bond donors (Lipinski definition) is 1. The van der Waals surface area contributed by atoms with E-state index in [1.54, 1.807) is 18.6 Å². The number of aromatic nitrogens is 4. The fraction of sp³-hybridized carbons (Fsp3) is 0.556. The maximum absolute atomic E-state index is 12.8. The molecule has 2 aliphatic rings. The third kappa shape index (κ3) is 3.76. The van der Waals surface area contributed by atoms with E-state index < -0.39 is 0 Å². The van der Waals surface area contributed by atoms with E-state index in [2.05, 4.69) is 25.3 Å². The molecule has 2 fully saturated rings. The largest absolute Gasteiger partial charge is 0.378 e. The lowest BCUT2D eigenvalue weighted by Crippen LogP contribution is -2.52. The van der Waals surface area contributed by atoms with Crippen LogP contribution in [0.1, 0.15) is 18.4 Å². The number of piperidine rings is 1. The summed E-state index contributed by atoms with van der Waals surface area (Å²) in [5.74, 6) is 0.661. The van der Waals surface area contributed by atoms with E-state index in [4.69, 9.17) is 4.74 Å². The molecule has 3 atom stereocenters. The molecule has 0 aliphatic carbocycles. The summed E-state index contributed by atoms with van der Waals surface area (Å²) in [6, 6.07) is 0. The molecule has 26 heavy (non-hydrogen) atoms. The van der Waals surface area contributed by atoms with Gasteiger partial charge in [-0.1, -0.05) is 0 Å². The number of rotatable bonds is 4. The van der Waals surface area contributed by atoms with Crippen molar-refractivity contribution in [3.8, 4) is 0 Å². The van der Waals surface area contributed by atoms with E-state index in [0.29, 0.717) is 12.4 Å². The molecule has 138 valence electrons. The van der Waals surface area contributed by atoms with Gasteiger partial charge in [-0.05, 0) is 12.8 Å². The first kappa shape index (κ1) is 17.1. The van der Waals surface area contributed by atoms with Gasteiger partial charge in [-0.15, -0.1) is 0 Å². The SMILES string of the molecule is Cn1cc(CN2CC[C@@H]3OCC[C@H](C(=O)Nc4cnccn4)[C@@H]3C2)cn1. The third-order valence-corrected chi connectivity index (χ3v) is 5.27. The second-order valence-electron chi connectivity index (χ2n) is 7.09. The van der Waals surface area contributed by atoms with E-state index in [-0.39, 0.29) is 23.8 Å². The lowest BCUT2D eigenvalue weighted by Gasteiger charge is -2.44. The molecule has 2 aromatic heterocycles.